The Bertz CT molecular complexity index is 1800. The number of anilines is 2. The van der Waals surface area contributed by atoms with E-state index in [-0.39, 0.29) is 22.2 Å². The van der Waals surface area contributed by atoms with Gasteiger partial charge in [-0.05, 0) is 60.7 Å². The SMILES string of the molecule is Cc1ccc(Nc2nn(-c3cccc(-n4ncc5cc(C(C)(C)C)cc(F)c5c4=O)c3C)cc2C(N)=O)nc1. The molecule has 0 aliphatic heterocycles. The van der Waals surface area contributed by atoms with E-state index in [1.165, 1.54) is 27.8 Å². The first-order chi connectivity index (χ1) is 18.4. The van der Waals surface area contributed by atoms with E-state index in [1.807, 2.05) is 33.8 Å². The van der Waals surface area contributed by atoms with E-state index in [4.69, 9.17) is 5.73 Å². The number of aryl methyl sites for hydroxylation is 1. The fraction of sp³-hybridized carbons (Fsp3) is 0.207. The molecule has 0 atom stereocenters. The van der Waals surface area contributed by atoms with Crippen molar-refractivity contribution in [2.75, 3.05) is 5.32 Å². The third-order valence-corrected chi connectivity index (χ3v) is 6.59. The summed E-state index contributed by atoms with van der Waals surface area (Å²) in [6.45, 7) is 9.66. The molecular weight excluding hydrogens is 497 g/mol. The molecule has 0 aliphatic carbocycles. The standard InChI is InChI=1S/C29H28FN7O2/c1-16-9-10-24(32-13-16)34-27-20(26(31)38)15-36(35-27)22-7-6-8-23(17(22)2)37-28(39)25-18(14-33-37)11-19(12-21(25)30)29(3,4)5/h6-15H,1-5H3,(H2,31,38)(H,32,34,35). The zero-order chi connectivity index (χ0) is 28.1. The molecular formula is C29H28FN7O2. The van der Waals surface area contributed by atoms with Crippen LogP contribution in [0.25, 0.3) is 22.1 Å². The highest BCUT2D eigenvalue weighted by atomic mass is 19.1. The first kappa shape index (κ1) is 25.8. The molecule has 3 heterocycles. The predicted octanol–water partition coefficient (Wildman–Crippen LogP) is 4.86. The number of aromatic nitrogens is 5. The van der Waals surface area contributed by atoms with Crippen LogP contribution >= 0.6 is 0 Å². The summed E-state index contributed by atoms with van der Waals surface area (Å²) in [6, 6.07) is 12.1. The second-order valence-electron chi connectivity index (χ2n) is 10.5. The number of hydrogen-bond donors (Lipinski definition) is 2. The van der Waals surface area contributed by atoms with Crippen LogP contribution in [0.1, 0.15) is 47.8 Å². The number of amides is 1. The molecule has 0 aliphatic rings. The van der Waals surface area contributed by atoms with Gasteiger partial charge >= 0.3 is 0 Å². The van der Waals surface area contributed by atoms with Crippen LogP contribution < -0.4 is 16.6 Å². The van der Waals surface area contributed by atoms with E-state index in [2.05, 4.69) is 20.5 Å². The summed E-state index contributed by atoms with van der Waals surface area (Å²) >= 11 is 0. The summed E-state index contributed by atoms with van der Waals surface area (Å²) < 4.78 is 17.9. The number of carbonyl (C=O) groups is 1. The molecule has 0 spiro atoms. The average molecular weight is 526 g/mol. The Morgan fingerprint density at radius 3 is 2.46 bits per heavy atom. The molecule has 0 unspecified atom stereocenters. The Kier molecular flexibility index (Phi) is 6.26. The monoisotopic (exact) mass is 525 g/mol. The maximum absolute atomic E-state index is 15.2. The van der Waals surface area contributed by atoms with E-state index in [0.717, 1.165) is 11.1 Å². The molecule has 0 fully saturated rings. The molecule has 39 heavy (non-hydrogen) atoms. The molecule has 10 heteroatoms. The van der Waals surface area contributed by atoms with Gasteiger partial charge in [0.2, 0.25) is 0 Å². The van der Waals surface area contributed by atoms with Crippen molar-refractivity contribution in [2.45, 2.75) is 40.0 Å². The highest BCUT2D eigenvalue weighted by molar-refractivity contribution is 5.98. The largest absolute Gasteiger partial charge is 0.365 e. The normalized spacial score (nSPS) is 11.6. The lowest BCUT2D eigenvalue weighted by atomic mass is 9.86. The van der Waals surface area contributed by atoms with Gasteiger partial charge in [-0.15, -0.1) is 5.10 Å². The minimum Gasteiger partial charge on any atom is -0.365 e. The van der Waals surface area contributed by atoms with Crippen molar-refractivity contribution in [1.29, 1.82) is 0 Å². The van der Waals surface area contributed by atoms with Gasteiger partial charge in [-0.1, -0.05) is 32.9 Å². The zero-order valence-corrected chi connectivity index (χ0v) is 22.3. The fourth-order valence-corrected chi connectivity index (χ4v) is 4.36. The van der Waals surface area contributed by atoms with Crippen LogP contribution in [0.4, 0.5) is 16.0 Å². The number of hydrogen-bond acceptors (Lipinski definition) is 6. The molecule has 5 aromatic rings. The minimum absolute atomic E-state index is 0.0324. The molecule has 2 aromatic carbocycles. The summed E-state index contributed by atoms with van der Waals surface area (Å²) in [5.41, 5.74) is 8.36. The number of nitrogens with one attached hydrogen (secondary N) is 1. The Morgan fingerprint density at radius 2 is 1.79 bits per heavy atom. The second-order valence-corrected chi connectivity index (χ2v) is 10.5. The van der Waals surface area contributed by atoms with Crippen LogP contribution in [0.5, 0.6) is 0 Å². The van der Waals surface area contributed by atoms with Crippen LogP contribution in [0.2, 0.25) is 0 Å². The zero-order valence-electron chi connectivity index (χ0n) is 22.3. The lowest BCUT2D eigenvalue weighted by Gasteiger charge is -2.20. The van der Waals surface area contributed by atoms with Crippen LogP contribution in [0.3, 0.4) is 0 Å². The van der Waals surface area contributed by atoms with Crippen molar-refractivity contribution in [3.63, 3.8) is 0 Å². The van der Waals surface area contributed by atoms with E-state index in [0.29, 0.717) is 28.1 Å². The summed E-state index contributed by atoms with van der Waals surface area (Å²) in [4.78, 5) is 29.9. The van der Waals surface area contributed by atoms with Gasteiger partial charge in [-0.3, -0.25) is 9.59 Å². The highest BCUT2D eigenvalue weighted by Gasteiger charge is 2.21. The van der Waals surface area contributed by atoms with Gasteiger partial charge in [0.05, 0.1) is 23.0 Å². The molecule has 0 radical (unpaired) electrons. The Balaban J connectivity index is 1.60. The molecule has 5 rings (SSSR count). The Labute approximate surface area is 224 Å². The molecule has 1 amide bonds. The number of primary amides is 1. The summed E-state index contributed by atoms with van der Waals surface area (Å²) in [6.07, 6.45) is 4.70. The number of nitrogens with zero attached hydrogens (tertiary/aromatic N) is 5. The van der Waals surface area contributed by atoms with Crippen LogP contribution in [-0.2, 0) is 5.41 Å². The molecule has 0 saturated heterocycles. The molecule has 0 bridgehead atoms. The van der Waals surface area contributed by atoms with Crippen LogP contribution in [0.15, 0.2) is 65.8 Å². The summed E-state index contributed by atoms with van der Waals surface area (Å²) in [5.74, 6) is -0.517. The quantitative estimate of drug-likeness (QED) is 0.338. The number of carbonyl (C=O) groups excluding carboxylic acids is 1. The van der Waals surface area contributed by atoms with Crippen molar-refractivity contribution in [1.82, 2.24) is 24.5 Å². The molecule has 9 nitrogen and oxygen atoms in total. The maximum Gasteiger partial charge on any atom is 0.282 e. The van der Waals surface area contributed by atoms with E-state index < -0.39 is 17.3 Å². The maximum atomic E-state index is 15.2. The number of rotatable bonds is 5. The van der Waals surface area contributed by atoms with Crippen molar-refractivity contribution in [3.05, 3.63) is 99.5 Å². The van der Waals surface area contributed by atoms with Gasteiger partial charge in [-0.2, -0.15) is 9.78 Å². The first-order valence-corrected chi connectivity index (χ1v) is 12.4. The number of halogens is 1. The minimum atomic E-state index is -0.665. The second kappa shape index (κ2) is 9.46. The third-order valence-electron chi connectivity index (χ3n) is 6.59. The summed E-state index contributed by atoms with van der Waals surface area (Å²) in [5, 5.41) is 12.3. The van der Waals surface area contributed by atoms with Gasteiger partial charge < -0.3 is 11.1 Å². The lowest BCUT2D eigenvalue weighted by Crippen LogP contribution is -2.23. The topological polar surface area (TPSA) is 121 Å². The van der Waals surface area contributed by atoms with Crippen molar-refractivity contribution >= 4 is 28.3 Å². The number of benzene rings is 2. The molecule has 3 N–H and O–H groups in total. The third kappa shape index (κ3) is 4.76. The van der Waals surface area contributed by atoms with Gasteiger partial charge in [0.25, 0.3) is 11.5 Å². The van der Waals surface area contributed by atoms with Crippen molar-refractivity contribution in [2.24, 2.45) is 5.73 Å². The first-order valence-electron chi connectivity index (χ1n) is 12.4. The van der Waals surface area contributed by atoms with Gasteiger partial charge in [0, 0.05) is 23.3 Å². The number of pyridine rings is 1. The van der Waals surface area contributed by atoms with Crippen molar-refractivity contribution < 1.29 is 9.18 Å². The Morgan fingerprint density at radius 1 is 1.05 bits per heavy atom. The highest BCUT2D eigenvalue weighted by Crippen LogP contribution is 2.28. The van der Waals surface area contributed by atoms with Crippen LogP contribution in [-0.4, -0.2) is 30.5 Å². The smallest absolute Gasteiger partial charge is 0.282 e. The number of nitrogens with two attached hydrogens (primary N) is 1. The van der Waals surface area contributed by atoms with Gasteiger partial charge in [0.15, 0.2) is 5.82 Å². The van der Waals surface area contributed by atoms with Gasteiger partial charge in [0.1, 0.15) is 17.2 Å². The lowest BCUT2D eigenvalue weighted by molar-refractivity contribution is 0.100. The average Bonchev–Trinajstić information content (AvgIpc) is 3.29. The number of fused-ring (bicyclic) bond motifs is 1. The molecule has 198 valence electrons. The van der Waals surface area contributed by atoms with Crippen LogP contribution in [0, 0.1) is 19.7 Å². The van der Waals surface area contributed by atoms with Gasteiger partial charge in [-0.25, -0.2) is 14.1 Å². The summed E-state index contributed by atoms with van der Waals surface area (Å²) in [7, 11) is 0. The Hall–Kier alpha value is -4.86. The molecule has 3 aromatic heterocycles. The van der Waals surface area contributed by atoms with E-state index in [1.54, 1.807) is 43.5 Å². The molecule has 0 saturated carbocycles. The van der Waals surface area contributed by atoms with E-state index in [9.17, 15) is 9.59 Å². The van der Waals surface area contributed by atoms with Crippen molar-refractivity contribution in [3.8, 4) is 11.4 Å². The fourth-order valence-electron chi connectivity index (χ4n) is 4.36. The van der Waals surface area contributed by atoms with E-state index >= 15 is 4.39 Å². The predicted molar refractivity (Wildman–Crippen MR) is 149 cm³/mol.